The van der Waals surface area contributed by atoms with Gasteiger partial charge in [0.1, 0.15) is 0 Å². The molecule has 0 saturated carbocycles. The molecule has 2 unspecified atom stereocenters. The Balaban J connectivity index is 1.82. The number of hydrogen-bond donors (Lipinski definition) is 2. The highest BCUT2D eigenvalue weighted by molar-refractivity contribution is 6.09. The first kappa shape index (κ1) is 21.4. The van der Waals surface area contributed by atoms with E-state index in [1.54, 1.807) is 71.3 Å². The van der Waals surface area contributed by atoms with Gasteiger partial charge in [-0.15, -0.1) is 0 Å². The molecule has 9 heteroatoms. The number of rotatable bonds is 6. The van der Waals surface area contributed by atoms with Gasteiger partial charge >= 0.3 is 12.2 Å². The molecule has 0 radical (unpaired) electrons. The Morgan fingerprint density at radius 1 is 1.07 bits per heavy atom. The van der Waals surface area contributed by atoms with E-state index >= 15 is 0 Å². The van der Waals surface area contributed by atoms with E-state index in [4.69, 9.17) is 0 Å². The fourth-order valence-corrected chi connectivity index (χ4v) is 3.30. The van der Waals surface area contributed by atoms with E-state index < -0.39 is 35.7 Å². The Morgan fingerprint density at radius 3 is 2.20 bits per heavy atom. The number of alkyl halides is 3. The molecule has 2 N–H and O–H groups in total. The summed E-state index contributed by atoms with van der Waals surface area (Å²) in [5.74, 6) is -2.57. The van der Waals surface area contributed by atoms with Gasteiger partial charge < -0.3 is 5.32 Å². The summed E-state index contributed by atoms with van der Waals surface area (Å²) in [6.07, 6.45) is -5.32. The number of carbonyl (C=O) groups excluding carboxylic acids is 3. The zero-order chi connectivity index (χ0) is 21.9. The van der Waals surface area contributed by atoms with Crippen molar-refractivity contribution in [3.63, 3.8) is 0 Å². The molecule has 6 nitrogen and oxygen atoms in total. The van der Waals surface area contributed by atoms with Crippen molar-refractivity contribution in [1.82, 2.24) is 15.5 Å². The van der Waals surface area contributed by atoms with Crippen LogP contribution < -0.4 is 10.6 Å². The normalized spacial score (nSPS) is 20.1. The van der Waals surface area contributed by atoms with Crippen LogP contribution in [0.1, 0.15) is 30.5 Å². The monoisotopic (exact) mass is 419 g/mol. The first-order valence-electron chi connectivity index (χ1n) is 9.28. The third-order valence-electron chi connectivity index (χ3n) is 4.96. The number of halogens is 3. The predicted octanol–water partition coefficient (Wildman–Crippen LogP) is 3.31. The molecule has 0 aromatic heterocycles. The van der Waals surface area contributed by atoms with Crippen molar-refractivity contribution in [2.75, 3.05) is 0 Å². The second-order valence-corrected chi connectivity index (χ2v) is 6.97. The highest BCUT2D eigenvalue weighted by Gasteiger charge is 2.69. The van der Waals surface area contributed by atoms with Gasteiger partial charge in [0.25, 0.3) is 11.6 Å². The van der Waals surface area contributed by atoms with Gasteiger partial charge in [0, 0.05) is 6.42 Å². The highest BCUT2D eigenvalue weighted by Crippen LogP contribution is 2.37. The average molecular weight is 419 g/mol. The van der Waals surface area contributed by atoms with Crippen molar-refractivity contribution >= 4 is 17.8 Å². The van der Waals surface area contributed by atoms with Crippen LogP contribution in [0.4, 0.5) is 18.0 Å². The van der Waals surface area contributed by atoms with Crippen molar-refractivity contribution in [3.8, 4) is 0 Å². The SMILES string of the molecule is CC(c1ccccc1)N1C(=O)NC(NC(=O)CCc2ccccc2)(C(F)(F)F)C1=O. The minimum absolute atomic E-state index is 0.187. The van der Waals surface area contributed by atoms with Crippen LogP contribution in [0.3, 0.4) is 0 Å². The van der Waals surface area contributed by atoms with Gasteiger partial charge in [-0.3, -0.25) is 19.8 Å². The zero-order valence-corrected chi connectivity index (χ0v) is 16.1. The molecule has 1 saturated heterocycles. The van der Waals surface area contributed by atoms with E-state index in [2.05, 4.69) is 0 Å². The molecular formula is C21H20F3N3O3. The van der Waals surface area contributed by atoms with Crippen LogP contribution in [0.25, 0.3) is 0 Å². The van der Waals surface area contributed by atoms with E-state index in [9.17, 15) is 27.6 Å². The van der Waals surface area contributed by atoms with Crippen LogP contribution in [0, 0.1) is 0 Å². The molecule has 0 spiro atoms. The maximum Gasteiger partial charge on any atom is 0.440 e. The maximum absolute atomic E-state index is 13.9. The number of benzene rings is 2. The first-order valence-corrected chi connectivity index (χ1v) is 9.28. The first-order chi connectivity index (χ1) is 14.2. The van der Waals surface area contributed by atoms with E-state index in [0.29, 0.717) is 10.5 Å². The number of nitrogens with one attached hydrogen (secondary N) is 2. The van der Waals surface area contributed by atoms with Crippen LogP contribution in [0.2, 0.25) is 0 Å². The number of carbonyl (C=O) groups is 3. The summed E-state index contributed by atoms with van der Waals surface area (Å²) >= 11 is 0. The van der Waals surface area contributed by atoms with Crippen molar-refractivity contribution < 1.29 is 27.6 Å². The molecule has 4 amide bonds. The average Bonchev–Trinajstić information content (AvgIpc) is 2.97. The van der Waals surface area contributed by atoms with Gasteiger partial charge in [-0.2, -0.15) is 13.2 Å². The van der Waals surface area contributed by atoms with Crippen molar-refractivity contribution in [2.45, 2.75) is 37.6 Å². The Hall–Kier alpha value is -3.36. The quantitative estimate of drug-likeness (QED) is 0.706. The maximum atomic E-state index is 13.9. The molecule has 0 aliphatic carbocycles. The van der Waals surface area contributed by atoms with Crippen molar-refractivity contribution in [2.24, 2.45) is 0 Å². The minimum atomic E-state index is -5.23. The number of amides is 4. The molecule has 158 valence electrons. The van der Waals surface area contributed by atoms with Crippen LogP contribution in [-0.2, 0) is 16.0 Å². The number of hydrogen-bond acceptors (Lipinski definition) is 3. The van der Waals surface area contributed by atoms with Crippen LogP contribution >= 0.6 is 0 Å². The molecule has 2 aromatic carbocycles. The van der Waals surface area contributed by atoms with Gasteiger partial charge in [0.15, 0.2) is 0 Å². The van der Waals surface area contributed by atoms with Crippen molar-refractivity contribution in [3.05, 3.63) is 71.8 Å². The van der Waals surface area contributed by atoms with E-state index in [1.165, 1.54) is 6.92 Å². The van der Waals surface area contributed by atoms with Crippen LogP contribution in [-0.4, -0.2) is 34.6 Å². The summed E-state index contributed by atoms with van der Waals surface area (Å²) in [5, 5.41) is 3.40. The lowest BCUT2D eigenvalue weighted by molar-refractivity contribution is -0.204. The third-order valence-corrected chi connectivity index (χ3v) is 4.96. The van der Waals surface area contributed by atoms with E-state index in [0.717, 1.165) is 5.56 Å². The molecule has 2 atom stereocenters. The standard InChI is InChI=1S/C21H20F3N3O3/c1-14(16-10-6-3-7-11-16)27-18(29)20(21(22,23)24,26-19(27)30)25-17(28)13-12-15-8-4-2-5-9-15/h2-11,14H,12-13H2,1H3,(H,25,28)(H,26,30). The van der Waals surface area contributed by atoms with Gasteiger partial charge in [-0.25, -0.2) is 4.79 Å². The molecule has 2 aromatic rings. The van der Waals surface area contributed by atoms with Crippen LogP contribution in [0.15, 0.2) is 60.7 Å². The van der Waals surface area contributed by atoms with Gasteiger partial charge in [0.05, 0.1) is 6.04 Å². The number of urea groups is 1. The third kappa shape index (κ3) is 4.00. The summed E-state index contributed by atoms with van der Waals surface area (Å²) in [6, 6.07) is 14.7. The second-order valence-electron chi connectivity index (χ2n) is 6.97. The number of nitrogens with zero attached hydrogens (tertiary/aromatic N) is 1. The molecule has 1 aliphatic heterocycles. The van der Waals surface area contributed by atoms with E-state index in [1.807, 2.05) is 0 Å². The Labute approximate surface area is 171 Å². The molecule has 1 aliphatic rings. The largest absolute Gasteiger partial charge is 0.440 e. The van der Waals surface area contributed by atoms with Gasteiger partial charge in [-0.05, 0) is 24.5 Å². The lowest BCUT2D eigenvalue weighted by Crippen LogP contribution is -2.69. The fraction of sp³-hybridized carbons (Fsp3) is 0.286. The van der Waals surface area contributed by atoms with Crippen molar-refractivity contribution in [1.29, 1.82) is 0 Å². The minimum Gasteiger partial charge on any atom is -0.318 e. The molecule has 0 bridgehead atoms. The second kappa shape index (κ2) is 8.17. The summed E-state index contributed by atoms with van der Waals surface area (Å²) in [5.41, 5.74) is -2.26. The molecule has 30 heavy (non-hydrogen) atoms. The summed E-state index contributed by atoms with van der Waals surface area (Å²) < 4.78 is 41.8. The lowest BCUT2D eigenvalue weighted by Gasteiger charge is -2.30. The number of imide groups is 1. The van der Waals surface area contributed by atoms with E-state index in [-0.39, 0.29) is 12.8 Å². The molecule has 1 heterocycles. The summed E-state index contributed by atoms with van der Waals surface area (Å²) in [7, 11) is 0. The molecular weight excluding hydrogens is 399 g/mol. The lowest BCUT2D eigenvalue weighted by atomic mass is 10.0. The Bertz CT molecular complexity index is 935. The van der Waals surface area contributed by atoms with Gasteiger partial charge in [0.2, 0.25) is 5.91 Å². The summed E-state index contributed by atoms with van der Waals surface area (Å²) in [4.78, 5) is 38.0. The Morgan fingerprint density at radius 2 is 1.63 bits per heavy atom. The Kier molecular flexibility index (Phi) is 5.82. The number of aryl methyl sites for hydroxylation is 1. The topological polar surface area (TPSA) is 78.5 Å². The zero-order valence-electron chi connectivity index (χ0n) is 16.1. The van der Waals surface area contributed by atoms with Gasteiger partial charge in [-0.1, -0.05) is 60.7 Å². The van der Waals surface area contributed by atoms with Crippen LogP contribution in [0.5, 0.6) is 0 Å². The fourth-order valence-electron chi connectivity index (χ4n) is 3.30. The smallest absolute Gasteiger partial charge is 0.318 e. The molecule has 3 rings (SSSR count). The molecule has 1 fully saturated rings. The summed E-state index contributed by atoms with van der Waals surface area (Å²) in [6.45, 7) is 1.44. The highest BCUT2D eigenvalue weighted by atomic mass is 19.4. The predicted molar refractivity (Wildman–Crippen MR) is 102 cm³/mol.